The summed E-state index contributed by atoms with van der Waals surface area (Å²) in [6.07, 6.45) is -3.86. The summed E-state index contributed by atoms with van der Waals surface area (Å²) >= 11 is 3.44. The second-order valence-electron chi connectivity index (χ2n) is 9.05. The number of benzene rings is 3. The Morgan fingerprint density at radius 1 is 0.946 bits per heavy atom. The second-order valence-corrected chi connectivity index (χ2v) is 9.97. The molecule has 0 saturated carbocycles. The first kappa shape index (κ1) is 25.5. The summed E-state index contributed by atoms with van der Waals surface area (Å²) in [6, 6.07) is 14.3. The third kappa shape index (κ3) is 5.28. The Hall–Kier alpha value is -3.18. The molecule has 1 amide bonds. The molecule has 5 nitrogen and oxygen atoms in total. The minimum atomic E-state index is -4.82. The Morgan fingerprint density at radius 3 is 2.30 bits per heavy atom. The lowest BCUT2D eigenvalue weighted by molar-refractivity contribution is -0.274. The normalized spacial score (nSPS) is 17.5. The number of halogens is 6. The van der Waals surface area contributed by atoms with Crippen LogP contribution in [0.15, 0.2) is 65.1 Å². The number of hydrogen-bond donors (Lipinski definition) is 1. The number of likely N-dealkylation sites (tertiary alicyclic amines) is 1. The first-order valence-electron chi connectivity index (χ1n) is 11.5. The summed E-state index contributed by atoms with van der Waals surface area (Å²) in [5.74, 6) is -2.47. The molecule has 0 aromatic heterocycles. The van der Waals surface area contributed by atoms with Crippen LogP contribution in [0, 0.1) is 11.6 Å². The first-order chi connectivity index (χ1) is 17.5. The summed E-state index contributed by atoms with van der Waals surface area (Å²) in [6.45, 7) is 1.48. The number of anilines is 2. The van der Waals surface area contributed by atoms with E-state index in [1.807, 2.05) is 6.07 Å². The molecule has 5 rings (SSSR count). The van der Waals surface area contributed by atoms with E-state index in [0.717, 1.165) is 10.5 Å². The number of alkyl halides is 3. The van der Waals surface area contributed by atoms with Crippen LogP contribution in [0.2, 0.25) is 0 Å². The minimum absolute atomic E-state index is 0.278. The molecule has 1 spiro atoms. The Bertz CT molecular complexity index is 1320. The van der Waals surface area contributed by atoms with Crippen LogP contribution in [0.25, 0.3) is 0 Å². The van der Waals surface area contributed by atoms with Gasteiger partial charge < -0.3 is 10.1 Å². The highest BCUT2D eigenvalue weighted by molar-refractivity contribution is 9.10. The molecule has 194 valence electrons. The summed E-state index contributed by atoms with van der Waals surface area (Å²) in [7, 11) is 0. The number of carbonyl (C=O) groups excluding carboxylic acids is 1. The Labute approximate surface area is 217 Å². The van der Waals surface area contributed by atoms with Crippen LogP contribution in [0.5, 0.6) is 5.75 Å². The summed E-state index contributed by atoms with van der Waals surface area (Å²) < 4.78 is 69.7. The van der Waals surface area contributed by atoms with Gasteiger partial charge >= 0.3 is 6.36 Å². The van der Waals surface area contributed by atoms with Crippen LogP contribution in [-0.4, -0.2) is 35.9 Å². The van der Waals surface area contributed by atoms with Gasteiger partial charge in [0.25, 0.3) is 5.91 Å². The molecule has 0 bridgehead atoms. The van der Waals surface area contributed by atoms with Crippen LogP contribution in [0.4, 0.5) is 33.3 Å². The zero-order valence-electron chi connectivity index (χ0n) is 19.3. The average Bonchev–Trinajstić information content (AvgIpc) is 2.83. The van der Waals surface area contributed by atoms with Gasteiger partial charge in [-0.3, -0.25) is 14.6 Å². The van der Waals surface area contributed by atoms with Crippen molar-refractivity contribution >= 4 is 33.2 Å². The van der Waals surface area contributed by atoms with E-state index in [-0.39, 0.29) is 11.7 Å². The van der Waals surface area contributed by atoms with Gasteiger partial charge in [0.2, 0.25) is 0 Å². The van der Waals surface area contributed by atoms with Crippen molar-refractivity contribution < 1.29 is 31.5 Å². The fourth-order valence-electron chi connectivity index (χ4n) is 4.91. The number of hydrogen-bond acceptors (Lipinski definition) is 4. The number of nitrogens with one attached hydrogen (secondary N) is 1. The van der Waals surface area contributed by atoms with Gasteiger partial charge in [0.1, 0.15) is 11.4 Å². The summed E-state index contributed by atoms with van der Waals surface area (Å²) in [5.41, 5.74) is 1.31. The van der Waals surface area contributed by atoms with E-state index in [1.165, 1.54) is 36.4 Å². The number of nitrogens with zero attached hydrogens (tertiary/aromatic N) is 2. The van der Waals surface area contributed by atoms with Crippen LogP contribution >= 0.6 is 15.9 Å². The zero-order chi connectivity index (χ0) is 26.4. The largest absolute Gasteiger partial charge is 0.573 e. The Balaban J connectivity index is 1.43. The lowest BCUT2D eigenvalue weighted by Gasteiger charge is -2.52. The van der Waals surface area contributed by atoms with E-state index in [0.29, 0.717) is 55.0 Å². The standard InChI is InChI=1S/C26H21BrF5N3O2/c27-17-2-7-20-23(14-17)33-25(9-11-34(12-10-25)15-16-1-8-21(28)22(29)13-16)35(24(20)36)18-3-5-19(6-4-18)37-26(30,31)32/h1-8,13-14,33H,9-12,15H2. The predicted octanol–water partition coefficient (Wildman–Crippen LogP) is 6.69. The van der Waals surface area contributed by atoms with Crippen LogP contribution in [0.1, 0.15) is 28.8 Å². The molecule has 0 radical (unpaired) electrons. The van der Waals surface area contributed by atoms with Crippen molar-refractivity contribution in [3.63, 3.8) is 0 Å². The quantitative estimate of drug-likeness (QED) is 0.349. The van der Waals surface area contributed by atoms with Gasteiger partial charge in [-0.05, 0) is 60.2 Å². The molecule has 1 N–H and O–H groups in total. The Morgan fingerprint density at radius 2 is 1.65 bits per heavy atom. The van der Waals surface area contributed by atoms with Crippen LogP contribution in [0.3, 0.4) is 0 Å². The SMILES string of the molecule is O=C1c2ccc(Br)cc2NC2(CCN(Cc3ccc(F)c(F)c3)CC2)N1c1ccc(OC(F)(F)F)cc1. The lowest BCUT2D eigenvalue weighted by atomic mass is 9.89. The number of ether oxygens (including phenoxy) is 1. The van der Waals surface area contributed by atoms with Gasteiger partial charge in [0, 0.05) is 48.3 Å². The topological polar surface area (TPSA) is 44.8 Å². The molecule has 3 aromatic carbocycles. The maximum Gasteiger partial charge on any atom is 0.573 e. The number of carbonyl (C=O) groups is 1. The smallest absolute Gasteiger partial charge is 0.406 e. The average molecular weight is 582 g/mol. The van der Waals surface area contributed by atoms with Crippen molar-refractivity contribution in [3.8, 4) is 5.75 Å². The molecule has 0 atom stereocenters. The van der Waals surface area contributed by atoms with E-state index < -0.39 is 23.7 Å². The van der Waals surface area contributed by atoms with Crippen molar-refractivity contribution in [1.29, 1.82) is 0 Å². The maximum atomic E-state index is 13.7. The molecule has 11 heteroatoms. The number of fused-ring (bicyclic) bond motifs is 1. The predicted molar refractivity (Wildman–Crippen MR) is 131 cm³/mol. The first-order valence-corrected chi connectivity index (χ1v) is 12.3. The van der Waals surface area contributed by atoms with E-state index in [1.54, 1.807) is 17.0 Å². The van der Waals surface area contributed by atoms with Crippen LogP contribution in [-0.2, 0) is 6.54 Å². The van der Waals surface area contributed by atoms with Gasteiger partial charge in [-0.2, -0.15) is 0 Å². The molecule has 1 fully saturated rings. The van der Waals surface area contributed by atoms with Gasteiger partial charge in [-0.15, -0.1) is 13.2 Å². The summed E-state index contributed by atoms with van der Waals surface area (Å²) in [5, 5.41) is 3.51. The third-order valence-corrected chi connectivity index (χ3v) is 7.11. The number of piperidine rings is 1. The highest BCUT2D eigenvalue weighted by Crippen LogP contribution is 2.42. The Kier molecular flexibility index (Phi) is 6.61. The maximum absolute atomic E-state index is 13.7. The van der Waals surface area contributed by atoms with Crippen molar-refractivity contribution in [1.82, 2.24) is 4.90 Å². The number of rotatable bonds is 4. The fraction of sp³-hybridized carbons (Fsp3) is 0.269. The van der Waals surface area contributed by atoms with Gasteiger partial charge in [0.05, 0.1) is 5.56 Å². The highest BCUT2D eigenvalue weighted by atomic mass is 79.9. The van der Waals surface area contributed by atoms with Crippen molar-refractivity contribution in [3.05, 3.63) is 87.9 Å². The fourth-order valence-corrected chi connectivity index (χ4v) is 5.28. The van der Waals surface area contributed by atoms with Crippen LogP contribution < -0.4 is 15.0 Å². The highest BCUT2D eigenvalue weighted by Gasteiger charge is 2.47. The molecular weight excluding hydrogens is 561 g/mol. The lowest BCUT2D eigenvalue weighted by Crippen LogP contribution is -2.64. The van der Waals surface area contributed by atoms with Crippen molar-refractivity contribution in [2.75, 3.05) is 23.3 Å². The van der Waals surface area contributed by atoms with Gasteiger partial charge in [0.15, 0.2) is 11.6 Å². The molecule has 3 aromatic rings. The third-order valence-electron chi connectivity index (χ3n) is 6.61. The molecule has 2 aliphatic rings. The second kappa shape index (κ2) is 9.60. The molecule has 0 unspecified atom stereocenters. The van der Waals surface area contributed by atoms with Crippen molar-refractivity contribution in [2.24, 2.45) is 0 Å². The zero-order valence-corrected chi connectivity index (χ0v) is 20.9. The monoisotopic (exact) mass is 581 g/mol. The van der Waals surface area contributed by atoms with Crippen molar-refractivity contribution in [2.45, 2.75) is 31.4 Å². The minimum Gasteiger partial charge on any atom is -0.406 e. The summed E-state index contributed by atoms with van der Waals surface area (Å²) in [4.78, 5) is 17.4. The molecular formula is C26H21BrF5N3O2. The van der Waals surface area contributed by atoms with Gasteiger partial charge in [-0.25, -0.2) is 8.78 Å². The van der Waals surface area contributed by atoms with E-state index in [9.17, 15) is 26.7 Å². The number of amides is 1. The van der Waals surface area contributed by atoms with E-state index >= 15 is 0 Å². The molecule has 37 heavy (non-hydrogen) atoms. The molecule has 1 saturated heterocycles. The molecule has 2 heterocycles. The van der Waals surface area contributed by atoms with E-state index in [4.69, 9.17) is 0 Å². The molecule has 2 aliphatic heterocycles. The molecule has 0 aliphatic carbocycles. The van der Waals surface area contributed by atoms with Gasteiger partial charge in [-0.1, -0.05) is 22.0 Å². The van der Waals surface area contributed by atoms with E-state index in [2.05, 4.69) is 30.9 Å².